The van der Waals surface area contributed by atoms with Crippen molar-refractivity contribution in [2.24, 2.45) is 5.92 Å². The summed E-state index contributed by atoms with van der Waals surface area (Å²) in [5, 5.41) is 3.97. The predicted molar refractivity (Wildman–Crippen MR) is 63.6 cm³/mol. The van der Waals surface area contributed by atoms with Crippen LogP contribution in [-0.4, -0.2) is 29.3 Å². The van der Waals surface area contributed by atoms with Gasteiger partial charge in [0.25, 0.3) is 0 Å². The van der Waals surface area contributed by atoms with E-state index in [9.17, 15) is 4.79 Å². The van der Waals surface area contributed by atoms with E-state index in [1.807, 2.05) is 6.26 Å². The largest absolute Gasteiger partial charge is 0.352 e. The van der Waals surface area contributed by atoms with Gasteiger partial charge in [-0.3, -0.25) is 4.79 Å². The standard InChI is InChI=1S/C9H18BrNOS/c1-7(2)8(4-5-10)11-9(12)6-13-3/h7-8H,4-6H2,1-3H3,(H,11,12). The Kier molecular flexibility index (Phi) is 7.86. The molecule has 0 aromatic heterocycles. The van der Waals surface area contributed by atoms with Crippen LogP contribution in [0.1, 0.15) is 20.3 Å². The lowest BCUT2D eigenvalue weighted by atomic mass is 10.0. The van der Waals surface area contributed by atoms with Crippen molar-refractivity contribution in [2.75, 3.05) is 17.3 Å². The first-order valence-electron chi connectivity index (χ1n) is 4.46. The van der Waals surface area contributed by atoms with Gasteiger partial charge in [0, 0.05) is 11.4 Å². The summed E-state index contributed by atoms with van der Waals surface area (Å²) in [6, 6.07) is 0.305. The Balaban J connectivity index is 3.86. The lowest BCUT2D eigenvalue weighted by molar-refractivity contribution is -0.119. The van der Waals surface area contributed by atoms with Crippen molar-refractivity contribution in [1.82, 2.24) is 5.32 Å². The lowest BCUT2D eigenvalue weighted by Gasteiger charge is -2.21. The molecule has 0 aliphatic rings. The van der Waals surface area contributed by atoms with Gasteiger partial charge in [-0.1, -0.05) is 29.8 Å². The Labute approximate surface area is 93.4 Å². The maximum absolute atomic E-state index is 11.3. The van der Waals surface area contributed by atoms with Crippen LogP contribution in [0.2, 0.25) is 0 Å². The SMILES string of the molecule is CSCC(=O)NC(CCBr)C(C)C. The van der Waals surface area contributed by atoms with Crippen molar-refractivity contribution in [3.8, 4) is 0 Å². The Morgan fingerprint density at radius 2 is 2.15 bits per heavy atom. The summed E-state index contributed by atoms with van der Waals surface area (Å²) in [5.74, 6) is 1.21. The predicted octanol–water partition coefficient (Wildman–Crippen LogP) is 2.28. The van der Waals surface area contributed by atoms with Crippen molar-refractivity contribution in [3.05, 3.63) is 0 Å². The minimum Gasteiger partial charge on any atom is -0.352 e. The zero-order chi connectivity index (χ0) is 10.3. The lowest BCUT2D eigenvalue weighted by Crippen LogP contribution is -2.39. The van der Waals surface area contributed by atoms with Crippen LogP contribution < -0.4 is 5.32 Å². The molecular formula is C9H18BrNOS. The molecule has 78 valence electrons. The van der Waals surface area contributed by atoms with Gasteiger partial charge < -0.3 is 5.32 Å². The minimum atomic E-state index is 0.146. The fourth-order valence-electron chi connectivity index (χ4n) is 1.07. The van der Waals surface area contributed by atoms with E-state index >= 15 is 0 Å². The van der Waals surface area contributed by atoms with E-state index < -0.39 is 0 Å². The van der Waals surface area contributed by atoms with Crippen molar-refractivity contribution >= 4 is 33.6 Å². The van der Waals surface area contributed by atoms with E-state index in [4.69, 9.17) is 0 Å². The van der Waals surface area contributed by atoms with Crippen molar-refractivity contribution in [1.29, 1.82) is 0 Å². The Hall–Kier alpha value is 0.300. The normalized spacial score (nSPS) is 13.0. The third-order valence-electron chi connectivity index (χ3n) is 1.85. The van der Waals surface area contributed by atoms with Crippen LogP contribution in [0.3, 0.4) is 0 Å². The molecule has 0 aromatic carbocycles. The molecule has 1 amide bonds. The number of amides is 1. The highest BCUT2D eigenvalue weighted by Crippen LogP contribution is 2.08. The average Bonchev–Trinajstić information content (AvgIpc) is 2.04. The van der Waals surface area contributed by atoms with Crippen molar-refractivity contribution < 1.29 is 4.79 Å². The van der Waals surface area contributed by atoms with E-state index in [2.05, 4.69) is 35.1 Å². The molecule has 0 aromatic rings. The Bertz CT molecular complexity index is 153. The second-order valence-electron chi connectivity index (χ2n) is 3.33. The molecule has 0 bridgehead atoms. The first-order valence-corrected chi connectivity index (χ1v) is 6.97. The zero-order valence-corrected chi connectivity index (χ0v) is 10.9. The fourth-order valence-corrected chi connectivity index (χ4v) is 1.91. The van der Waals surface area contributed by atoms with Crippen LogP contribution in [0.25, 0.3) is 0 Å². The van der Waals surface area contributed by atoms with E-state index in [1.165, 1.54) is 0 Å². The monoisotopic (exact) mass is 267 g/mol. The summed E-state index contributed by atoms with van der Waals surface area (Å²) >= 11 is 4.95. The molecule has 0 radical (unpaired) electrons. The average molecular weight is 268 g/mol. The maximum Gasteiger partial charge on any atom is 0.230 e. The summed E-state index contributed by atoms with van der Waals surface area (Å²) in [5.41, 5.74) is 0. The minimum absolute atomic E-state index is 0.146. The molecule has 0 saturated carbocycles. The van der Waals surface area contributed by atoms with Crippen molar-refractivity contribution in [3.63, 3.8) is 0 Å². The summed E-state index contributed by atoms with van der Waals surface area (Å²) in [6.45, 7) is 4.26. The first-order chi connectivity index (χ1) is 6.11. The maximum atomic E-state index is 11.3. The second kappa shape index (κ2) is 7.68. The summed E-state index contributed by atoms with van der Waals surface area (Å²) in [4.78, 5) is 11.3. The summed E-state index contributed by atoms with van der Waals surface area (Å²) < 4.78 is 0. The van der Waals surface area contributed by atoms with Crippen molar-refractivity contribution in [2.45, 2.75) is 26.3 Å². The molecule has 13 heavy (non-hydrogen) atoms. The highest BCUT2D eigenvalue weighted by atomic mass is 79.9. The van der Waals surface area contributed by atoms with Gasteiger partial charge >= 0.3 is 0 Å². The van der Waals surface area contributed by atoms with Crippen LogP contribution in [-0.2, 0) is 4.79 Å². The number of carbonyl (C=O) groups is 1. The van der Waals surface area contributed by atoms with Gasteiger partial charge in [-0.15, -0.1) is 0 Å². The van der Waals surface area contributed by atoms with Gasteiger partial charge in [-0.2, -0.15) is 11.8 Å². The smallest absolute Gasteiger partial charge is 0.230 e. The molecule has 0 rings (SSSR count). The molecule has 0 spiro atoms. The molecule has 2 nitrogen and oxygen atoms in total. The number of carbonyl (C=O) groups excluding carboxylic acids is 1. The van der Waals surface area contributed by atoms with Gasteiger partial charge in [0.15, 0.2) is 0 Å². The van der Waals surface area contributed by atoms with E-state index in [-0.39, 0.29) is 5.91 Å². The number of nitrogens with one attached hydrogen (secondary N) is 1. The second-order valence-corrected chi connectivity index (χ2v) is 4.99. The topological polar surface area (TPSA) is 29.1 Å². The van der Waals surface area contributed by atoms with E-state index in [0.29, 0.717) is 17.7 Å². The number of alkyl halides is 1. The van der Waals surface area contributed by atoms with E-state index in [0.717, 1.165) is 11.8 Å². The van der Waals surface area contributed by atoms with Gasteiger partial charge in [0.05, 0.1) is 5.75 Å². The highest BCUT2D eigenvalue weighted by Gasteiger charge is 2.14. The van der Waals surface area contributed by atoms with Gasteiger partial charge in [-0.05, 0) is 18.6 Å². The zero-order valence-electron chi connectivity index (χ0n) is 8.47. The van der Waals surface area contributed by atoms with Gasteiger partial charge in [-0.25, -0.2) is 0 Å². The van der Waals surface area contributed by atoms with Crippen LogP contribution in [0.5, 0.6) is 0 Å². The molecule has 0 aliphatic heterocycles. The number of halogens is 1. The summed E-state index contributed by atoms with van der Waals surface area (Å²) in [7, 11) is 0. The number of hydrogen-bond donors (Lipinski definition) is 1. The van der Waals surface area contributed by atoms with Crippen LogP contribution in [0.4, 0.5) is 0 Å². The van der Waals surface area contributed by atoms with Gasteiger partial charge in [0.1, 0.15) is 0 Å². The summed E-state index contributed by atoms with van der Waals surface area (Å²) in [6.07, 6.45) is 2.94. The van der Waals surface area contributed by atoms with E-state index in [1.54, 1.807) is 11.8 Å². The highest BCUT2D eigenvalue weighted by molar-refractivity contribution is 9.09. The fraction of sp³-hybridized carbons (Fsp3) is 0.889. The number of rotatable bonds is 6. The molecule has 1 unspecified atom stereocenters. The third kappa shape index (κ3) is 6.38. The molecule has 0 saturated heterocycles. The van der Waals surface area contributed by atoms with Crippen LogP contribution in [0.15, 0.2) is 0 Å². The van der Waals surface area contributed by atoms with Gasteiger partial charge in [0.2, 0.25) is 5.91 Å². The Morgan fingerprint density at radius 1 is 1.54 bits per heavy atom. The quantitative estimate of drug-likeness (QED) is 0.749. The molecule has 1 atom stereocenters. The molecule has 0 heterocycles. The number of hydrogen-bond acceptors (Lipinski definition) is 2. The Morgan fingerprint density at radius 3 is 2.54 bits per heavy atom. The molecule has 0 aliphatic carbocycles. The number of thioether (sulfide) groups is 1. The molecule has 1 N–H and O–H groups in total. The third-order valence-corrected chi connectivity index (χ3v) is 2.86. The first kappa shape index (κ1) is 13.3. The van der Waals surface area contributed by atoms with Crippen LogP contribution in [0, 0.1) is 5.92 Å². The van der Waals surface area contributed by atoms with Crippen LogP contribution >= 0.6 is 27.7 Å². The molecular weight excluding hydrogens is 250 g/mol. The molecule has 4 heteroatoms. The molecule has 0 fully saturated rings.